The summed E-state index contributed by atoms with van der Waals surface area (Å²) in [7, 11) is -2.15. The van der Waals surface area contributed by atoms with Crippen LogP contribution in [0.4, 0.5) is 5.69 Å². The third-order valence-electron chi connectivity index (χ3n) is 4.71. The van der Waals surface area contributed by atoms with E-state index in [-0.39, 0.29) is 24.0 Å². The third-order valence-corrected chi connectivity index (χ3v) is 6.53. The zero-order valence-corrected chi connectivity index (χ0v) is 15.7. The van der Waals surface area contributed by atoms with Gasteiger partial charge >= 0.3 is 0 Å². The van der Waals surface area contributed by atoms with Gasteiger partial charge in [-0.25, -0.2) is 8.42 Å². The number of carbonyl (C=O) groups excluding carboxylic acids is 1. The van der Waals surface area contributed by atoms with E-state index in [2.05, 4.69) is 5.32 Å². The molecule has 0 spiro atoms. The van der Waals surface area contributed by atoms with Crippen LogP contribution in [0.2, 0.25) is 0 Å². The molecule has 0 aliphatic carbocycles. The fourth-order valence-electron chi connectivity index (χ4n) is 3.24. The first-order chi connectivity index (χ1) is 12.9. The quantitative estimate of drug-likeness (QED) is 0.866. The SMILES string of the molecule is CN(C[C@@H]1COc2ccccc2O1)S(=O)(=O)c1ccc2c(c1)CCC(=O)N2. The standard InChI is InChI=1S/C19H20N2O5S/c1-21(11-14-12-25-17-4-2-3-5-18(17)26-14)27(23,24)15-7-8-16-13(10-15)6-9-19(22)20-16/h2-5,7-8,10,14H,6,9,11-12H2,1H3,(H,20,22)/t14-/m1/s1. The number of nitrogens with zero attached hydrogens (tertiary/aromatic N) is 1. The second-order valence-corrected chi connectivity index (χ2v) is 8.70. The first kappa shape index (κ1) is 17.8. The largest absolute Gasteiger partial charge is 0.486 e. The monoisotopic (exact) mass is 388 g/mol. The summed E-state index contributed by atoms with van der Waals surface area (Å²) in [5, 5.41) is 2.76. The van der Waals surface area contributed by atoms with Crippen molar-refractivity contribution in [3.63, 3.8) is 0 Å². The van der Waals surface area contributed by atoms with Gasteiger partial charge in [-0.3, -0.25) is 4.79 Å². The van der Waals surface area contributed by atoms with E-state index in [1.807, 2.05) is 18.2 Å². The van der Waals surface area contributed by atoms with E-state index in [4.69, 9.17) is 9.47 Å². The average molecular weight is 388 g/mol. The minimum Gasteiger partial charge on any atom is -0.486 e. The lowest BCUT2D eigenvalue weighted by molar-refractivity contribution is -0.116. The van der Waals surface area contributed by atoms with E-state index in [1.165, 1.54) is 17.4 Å². The van der Waals surface area contributed by atoms with Gasteiger partial charge in [-0.15, -0.1) is 0 Å². The smallest absolute Gasteiger partial charge is 0.242 e. The summed E-state index contributed by atoms with van der Waals surface area (Å²) in [6, 6.07) is 12.1. The molecule has 1 amide bonds. The number of rotatable bonds is 4. The Hall–Kier alpha value is -2.58. The van der Waals surface area contributed by atoms with Crippen LogP contribution >= 0.6 is 0 Å². The lowest BCUT2D eigenvalue weighted by Crippen LogP contribution is -2.41. The number of benzene rings is 2. The molecule has 7 nitrogen and oxygen atoms in total. The molecule has 0 unspecified atom stereocenters. The predicted molar refractivity (Wildman–Crippen MR) is 99.6 cm³/mol. The molecule has 1 atom stereocenters. The van der Waals surface area contributed by atoms with Crippen molar-refractivity contribution in [3.05, 3.63) is 48.0 Å². The maximum atomic E-state index is 12.9. The number of sulfonamides is 1. The van der Waals surface area contributed by atoms with Crippen LogP contribution in [-0.4, -0.2) is 44.9 Å². The fourth-order valence-corrected chi connectivity index (χ4v) is 4.49. The molecule has 0 fully saturated rings. The highest BCUT2D eigenvalue weighted by molar-refractivity contribution is 7.89. The Morgan fingerprint density at radius 1 is 1.15 bits per heavy atom. The number of likely N-dealkylation sites (N-methyl/N-ethyl adjacent to an activating group) is 1. The van der Waals surface area contributed by atoms with Gasteiger partial charge in [0.15, 0.2) is 11.5 Å². The summed E-state index contributed by atoms with van der Waals surface area (Å²) in [4.78, 5) is 11.7. The molecule has 2 aliphatic heterocycles. The first-order valence-corrected chi connectivity index (χ1v) is 10.1. The number of para-hydroxylation sites is 2. The Kier molecular flexibility index (Phi) is 4.53. The molecule has 2 heterocycles. The summed E-state index contributed by atoms with van der Waals surface area (Å²) in [6.45, 7) is 0.456. The molecule has 0 bridgehead atoms. The molecule has 27 heavy (non-hydrogen) atoms. The zero-order chi connectivity index (χ0) is 19.0. The molecular formula is C19H20N2O5S. The Morgan fingerprint density at radius 2 is 1.93 bits per heavy atom. The molecule has 0 saturated carbocycles. The molecule has 2 aromatic rings. The Balaban J connectivity index is 1.50. The second-order valence-electron chi connectivity index (χ2n) is 6.65. The Bertz CT molecular complexity index is 989. The predicted octanol–water partition coefficient (Wildman–Crippen LogP) is 2.03. The van der Waals surface area contributed by atoms with Gasteiger partial charge in [0.25, 0.3) is 0 Å². The molecule has 0 aromatic heterocycles. The molecule has 1 N–H and O–H groups in total. The Labute approximate surface area is 157 Å². The number of ether oxygens (including phenoxy) is 2. The minimum atomic E-state index is -3.68. The summed E-state index contributed by atoms with van der Waals surface area (Å²) in [6.07, 6.45) is 0.500. The van der Waals surface area contributed by atoms with Crippen LogP contribution in [0.15, 0.2) is 47.4 Å². The number of amides is 1. The van der Waals surface area contributed by atoms with Crippen LogP contribution in [-0.2, 0) is 21.2 Å². The average Bonchev–Trinajstić information content (AvgIpc) is 2.67. The summed E-state index contributed by atoms with van der Waals surface area (Å²) >= 11 is 0. The van der Waals surface area contributed by atoms with Crippen molar-refractivity contribution >= 4 is 21.6 Å². The molecular weight excluding hydrogens is 368 g/mol. The number of fused-ring (bicyclic) bond motifs is 2. The third kappa shape index (κ3) is 3.50. The highest BCUT2D eigenvalue weighted by Crippen LogP contribution is 2.32. The summed E-state index contributed by atoms with van der Waals surface area (Å²) in [5.41, 5.74) is 1.50. The van der Waals surface area contributed by atoms with Crippen molar-refractivity contribution in [1.29, 1.82) is 0 Å². The molecule has 2 aliphatic rings. The molecule has 8 heteroatoms. The van der Waals surface area contributed by atoms with Gasteiger partial charge in [0, 0.05) is 19.2 Å². The van der Waals surface area contributed by atoms with E-state index in [1.54, 1.807) is 18.2 Å². The normalized spacial score (nSPS) is 18.7. The maximum absolute atomic E-state index is 12.9. The van der Waals surface area contributed by atoms with Gasteiger partial charge in [-0.1, -0.05) is 12.1 Å². The van der Waals surface area contributed by atoms with Gasteiger partial charge in [0.2, 0.25) is 15.9 Å². The fraction of sp³-hybridized carbons (Fsp3) is 0.316. The Morgan fingerprint density at radius 3 is 2.74 bits per heavy atom. The van der Waals surface area contributed by atoms with Gasteiger partial charge < -0.3 is 14.8 Å². The molecule has 4 rings (SSSR count). The van der Waals surface area contributed by atoms with Gasteiger partial charge in [-0.05, 0) is 42.3 Å². The topological polar surface area (TPSA) is 84.9 Å². The van der Waals surface area contributed by atoms with Crippen molar-refractivity contribution in [2.75, 3.05) is 25.5 Å². The van der Waals surface area contributed by atoms with Gasteiger partial charge in [0.1, 0.15) is 12.7 Å². The van der Waals surface area contributed by atoms with E-state index in [0.29, 0.717) is 30.0 Å². The summed E-state index contributed by atoms with van der Waals surface area (Å²) < 4.78 is 38.7. The summed E-state index contributed by atoms with van der Waals surface area (Å²) in [5.74, 6) is 1.23. The van der Waals surface area contributed by atoms with Crippen LogP contribution < -0.4 is 14.8 Å². The van der Waals surface area contributed by atoms with Crippen molar-refractivity contribution in [3.8, 4) is 11.5 Å². The van der Waals surface area contributed by atoms with Gasteiger partial charge in [-0.2, -0.15) is 4.31 Å². The highest BCUT2D eigenvalue weighted by Gasteiger charge is 2.29. The van der Waals surface area contributed by atoms with Crippen molar-refractivity contribution in [2.24, 2.45) is 0 Å². The van der Waals surface area contributed by atoms with Crippen LogP contribution in [0.25, 0.3) is 0 Å². The number of nitrogens with one attached hydrogen (secondary N) is 1. The lowest BCUT2D eigenvalue weighted by Gasteiger charge is -2.29. The van der Waals surface area contributed by atoms with Crippen LogP contribution in [0, 0.1) is 0 Å². The number of hydrogen-bond acceptors (Lipinski definition) is 5. The van der Waals surface area contributed by atoms with Gasteiger partial charge in [0.05, 0.1) is 11.4 Å². The van der Waals surface area contributed by atoms with Crippen LogP contribution in [0.3, 0.4) is 0 Å². The van der Waals surface area contributed by atoms with Crippen molar-refractivity contribution in [1.82, 2.24) is 4.31 Å². The van der Waals surface area contributed by atoms with E-state index >= 15 is 0 Å². The number of hydrogen-bond donors (Lipinski definition) is 1. The molecule has 142 valence electrons. The molecule has 0 radical (unpaired) electrons. The van der Waals surface area contributed by atoms with E-state index in [9.17, 15) is 13.2 Å². The zero-order valence-electron chi connectivity index (χ0n) is 14.8. The number of anilines is 1. The number of carbonyl (C=O) groups is 1. The maximum Gasteiger partial charge on any atom is 0.242 e. The first-order valence-electron chi connectivity index (χ1n) is 8.71. The van der Waals surface area contributed by atoms with Crippen molar-refractivity contribution < 1.29 is 22.7 Å². The van der Waals surface area contributed by atoms with Crippen LogP contribution in [0.1, 0.15) is 12.0 Å². The van der Waals surface area contributed by atoms with Crippen LogP contribution in [0.5, 0.6) is 11.5 Å². The minimum absolute atomic E-state index is 0.0510. The number of aryl methyl sites for hydroxylation is 1. The van der Waals surface area contributed by atoms with E-state index < -0.39 is 16.1 Å². The lowest BCUT2D eigenvalue weighted by atomic mass is 10.0. The van der Waals surface area contributed by atoms with Crippen molar-refractivity contribution in [2.45, 2.75) is 23.8 Å². The molecule has 0 saturated heterocycles. The second kappa shape index (κ2) is 6.86. The van der Waals surface area contributed by atoms with E-state index in [0.717, 1.165) is 5.56 Å². The molecule has 2 aromatic carbocycles. The highest BCUT2D eigenvalue weighted by atomic mass is 32.2.